The minimum Gasteiger partial charge on any atom is -0.508 e. The number of aliphatic hydroxyl groups is 1. The molecule has 1 atom stereocenters. The molecule has 0 amide bonds. The van der Waals surface area contributed by atoms with Crippen molar-refractivity contribution in [3.05, 3.63) is 53.4 Å². The Kier molecular flexibility index (Phi) is 4.84. The second-order valence-electron chi connectivity index (χ2n) is 5.55. The molecule has 0 radical (unpaired) electrons. The first-order valence-electron chi connectivity index (χ1n) is 7.85. The van der Waals surface area contributed by atoms with Gasteiger partial charge in [-0.15, -0.1) is 11.3 Å². The summed E-state index contributed by atoms with van der Waals surface area (Å²) < 4.78 is 7.16. The molecule has 0 saturated heterocycles. The number of phenolic OH excluding ortho intramolecular Hbond substituents is 1. The van der Waals surface area contributed by atoms with Crippen LogP contribution in [0.4, 0.5) is 0 Å². The van der Waals surface area contributed by atoms with E-state index in [9.17, 15) is 10.2 Å². The van der Waals surface area contributed by atoms with Gasteiger partial charge < -0.3 is 14.9 Å². The number of ether oxygens (including phenoxy) is 1. The van der Waals surface area contributed by atoms with Crippen molar-refractivity contribution >= 4 is 21.4 Å². The lowest BCUT2D eigenvalue weighted by Gasteiger charge is -2.12. The quantitative estimate of drug-likeness (QED) is 0.617. The van der Waals surface area contributed by atoms with Gasteiger partial charge >= 0.3 is 0 Å². The fourth-order valence-corrected chi connectivity index (χ4v) is 3.68. The van der Waals surface area contributed by atoms with Crippen molar-refractivity contribution in [1.82, 2.24) is 0 Å². The molecule has 4 heteroatoms. The van der Waals surface area contributed by atoms with Gasteiger partial charge in [0.05, 0.1) is 11.0 Å². The maximum Gasteiger partial charge on any atom is 0.151 e. The van der Waals surface area contributed by atoms with Crippen LogP contribution in [0.25, 0.3) is 10.1 Å². The Bertz CT molecular complexity index is 777. The summed E-state index contributed by atoms with van der Waals surface area (Å²) in [5.41, 5.74) is 0. The van der Waals surface area contributed by atoms with Crippen LogP contribution in [0.2, 0.25) is 0 Å². The van der Waals surface area contributed by atoms with Gasteiger partial charge in [0.25, 0.3) is 0 Å². The van der Waals surface area contributed by atoms with Crippen molar-refractivity contribution < 1.29 is 14.9 Å². The zero-order valence-electron chi connectivity index (χ0n) is 13.0. The number of thiophene rings is 1. The van der Waals surface area contributed by atoms with Gasteiger partial charge in [-0.1, -0.05) is 31.9 Å². The van der Waals surface area contributed by atoms with E-state index in [0.29, 0.717) is 5.75 Å². The molecule has 1 aromatic heterocycles. The number of hydrogen-bond acceptors (Lipinski definition) is 4. The fraction of sp³-hybridized carbons (Fsp3) is 0.263. The molecule has 1 heterocycles. The lowest BCUT2D eigenvalue weighted by molar-refractivity contribution is 0.165. The number of fused-ring (bicyclic) bond motifs is 1. The van der Waals surface area contributed by atoms with Gasteiger partial charge in [0.2, 0.25) is 0 Å². The van der Waals surface area contributed by atoms with Gasteiger partial charge in [-0.05, 0) is 42.8 Å². The van der Waals surface area contributed by atoms with E-state index in [0.717, 1.165) is 40.0 Å². The summed E-state index contributed by atoms with van der Waals surface area (Å²) >= 11 is 1.58. The van der Waals surface area contributed by atoms with E-state index < -0.39 is 6.10 Å². The molecule has 2 aromatic carbocycles. The van der Waals surface area contributed by atoms with Gasteiger partial charge in [0, 0.05) is 10.1 Å². The Morgan fingerprint density at radius 1 is 1.09 bits per heavy atom. The maximum absolute atomic E-state index is 10.5. The van der Waals surface area contributed by atoms with Crippen LogP contribution in [-0.2, 0) is 0 Å². The molecular formula is C19H20O3S. The second-order valence-corrected chi connectivity index (χ2v) is 6.63. The molecule has 0 bridgehead atoms. The third kappa shape index (κ3) is 3.49. The monoisotopic (exact) mass is 328 g/mol. The highest BCUT2D eigenvalue weighted by molar-refractivity contribution is 7.19. The first kappa shape index (κ1) is 15.8. The van der Waals surface area contributed by atoms with Crippen molar-refractivity contribution in [1.29, 1.82) is 0 Å². The largest absolute Gasteiger partial charge is 0.508 e. The number of aromatic hydroxyl groups is 1. The average molecular weight is 328 g/mol. The summed E-state index contributed by atoms with van der Waals surface area (Å²) in [5, 5.41) is 21.0. The molecule has 1 unspecified atom stereocenters. The summed E-state index contributed by atoms with van der Waals surface area (Å²) in [7, 11) is 0. The second kappa shape index (κ2) is 7.02. The number of unbranched alkanes of at least 4 members (excludes halogenated alkanes) is 1. The average Bonchev–Trinajstić information content (AvgIpc) is 2.93. The van der Waals surface area contributed by atoms with Crippen LogP contribution in [0.5, 0.6) is 17.2 Å². The van der Waals surface area contributed by atoms with Crippen molar-refractivity contribution in [2.45, 2.75) is 32.3 Å². The molecule has 3 aromatic rings. The summed E-state index contributed by atoms with van der Waals surface area (Å²) in [6.07, 6.45) is 2.25. The first-order valence-corrected chi connectivity index (χ1v) is 8.67. The molecule has 3 rings (SSSR count). The highest BCUT2D eigenvalue weighted by Gasteiger charge is 2.20. The summed E-state index contributed by atoms with van der Waals surface area (Å²) in [6.45, 7) is 2.12. The van der Waals surface area contributed by atoms with Gasteiger partial charge in [0.1, 0.15) is 11.5 Å². The minimum atomic E-state index is -0.514. The Balaban J connectivity index is 2.00. The predicted molar refractivity (Wildman–Crippen MR) is 94.5 cm³/mol. The zero-order valence-corrected chi connectivity index (χ0v) is 13.8. The molecule has 23 heavy (non-hydrogen) atoms. The van der Waals surface area contributed by atoms with Gasteiger partial charge in [0.15, 0.2) is 5.75 Å². The maximum atomic E-state index is 10.5. The lowest BCUT2D eigenvalue weighted by atomic mass is 10.1. The van der Waals surface area contributed by atoms with Crippen LogP contribution in [0.15, 0.2) is 48.5 Å². The molecule has 0 fully saturated rings. The molecule has 120 valence electrons. The number of rotatable bonds is 6. The van der Waals surface area contributed by atoms with Gasteiger partial charge in [-0.2, -0.15) is 0 Å². The first-order chi connectivity index (χ1) is 11.2. The fourth-order valence-electron chi connectivity index (χ4n) is 2.53. The van der Waals surface area contributed by atoms with Crippen molar-refractivity contribution in [2.75, 3.05) is 0 Å². The van der Waals surface area contributed by atoms with Crippen molar-refractivity contribution in [3.63, 3.8) is 0 Å². The number of benzene rings is 2. The summed E-state index contributed by atoms with van der Waals surface area (Å²) in [6, 6.07) is 14.7. The number of aliphatic hydroxyl groups excluding tert-OH is 1. The third-order valence-corrected chi connectivity index (χ3v) is 5.02. The van der Waals surface area contributed by atoms with E-state index in [2.05, 4.69) is 6.92 Å². The van der Waals surface area contributed by atoms with Gasteiger partial charge in [-0.3, -0.25) is 0 Å². The standard InChI is InChI=1S/C19H20O3S/c1-2-3-7-16(21)19-18(15-6-4-5-8-17(15)23-19)22-14-11-9-13(20)10-12-14/h4-6,8-12,16,20-21H,2-3,7H2,1H3. The topological polar surface area (TPSA) is 49.7 Å². The normalized spacial score (nSPS) is 12.4. The molecule has 3 nitrogen and oxygen atoms in total. The predicted octanol–water partition coefficient (Wildman–Crippen LogP) is 5.62. The molecule has 0 saturated carbocycles. The summed E-state index contributed by atoms with van der Waals surface area (Å²) in [5.74, 6) is 1.57. The van der Waals surface area contributed by atoms with Crippen LogP contribution in [0, 0.1) is 0 Å². The Morgan fingerprint density at radius 3 is 2.57 bits per heavy atom. The van der Waals surface area contributed by atoms with E-state index in [1.807, 2.05) is 24.3 Å². The highest BCUT2D eigenvalue weighted by Crippen LogP contribution is 2.44. The number of phenols is 1. The molecule has 2 N–H and O–H groups in total. The molecule has 0 aliphatic heterocycles. The molecule has 0 spiro atoms. The smallest absolute Gasteiger partial charge is 0.151 e. The summed E-state index contributed by atoms with van der Waals surface area (Å²) in [4.78, 5) is 0.868. The van der Waals surface area contributed by atoms with E-state index >= 15 is 0 Å². The minimum absolute atomic E-state index is 0.204. The van der Waals surface area contributed by atoms with Crippen LogP contribution in [0.3, 0.4) is 0 Å². The van der Waals surface area contributed by atoms with Crippen LogP contribution >= 0.6 is 11.3 Å². The van der Waals surface area contributed by atoms with Crippen molar-refractivity contribution in [3.8, 4) is 17.2 Å². The van der Waals surface area contributed by atoms with Crippen LogP contribution in [0.1, 0.15) is 37.2 Å². The Labute approximate surface area is 139 Å². The molecule has 0 aliphatic rings. The van der Waals surface area contributed by atoms with E-state index in [1.54, 1.807) is 35.6 Å². The lowest BCUT2D eigenvalue weighted by Crippen LogP contribution is -1.97. The third-order valence-electron chi connectivity index (χ3n) is 3.77. The Hall–Kier alpha value is -2.04. The van der Waals surface area contributed by atoms with Crippen LogP contribution in [-0.4, -0.2) is 10.2 Å². The van der Waals surface area contributed by atoms with E-state index in [1.165, 1.54) is 0 Å². The van der Waals surface area contributed by atoms with E-state index in [-0.39, 0.29) is 5.75 Å². The van der Waals surface area contributed by atoms with Crippen LogP contribution < -0.4 is 4.74 Å². The highest BCUT2D eigenvalue weighted by atomic mass is 32.1. The number of hydrogen-bond donors (Lipinski definition) is 2. The van der Waals surface area contributed by atoms with Gasteiger partial charge in [-0.25, -0.2) is 0 Å². The zero-order chi connectivity index (χ0) is 16.2. The molecular weight excluding hydrogens is 308 g/mol. The molecule has 0 aliphatic carbocycles. The van der Waals surface area contributed by atoms with E-state index in [4.69, 9.17) is 4.74 Å². The Morgan fingerprint density at radius 2 is 1.83 bits per heavy atom. The SMILES string of the molecule is CCCCC(O)c1sc2ccccc2c1Oc1ccc(O)cc1. The van der Waals surface area contributed by atoms with Crippen molar-refractivity contribution in [2.24, 2.45) is 0 Å².